The first-order valence-corrected chi connectivity index (χ1v) is 7.36. The van der Waals surface area contributed by atoms with Gasteiger partial charge in [0, 0.05) is 17.6 Å². The minimum atomic E-state index is -0.646. The number of nitrogens with one attached hydrogen (secondary N) is 1. The Labute approximate surface area is 131 Å². The van der Waals surface area contributed by atoms with E-state index in [2.05, 4.69) is 21.2 Å². The van der Waals surface area contributed by atoms with Crippen molar-refractivity contribution >= 4 is 15.9 Å². The van der Waals surface area contributed by atoms with Gasteiger partial charge < -0.3 is 15.2 Å². The third-order valence-electron chi connectivity index (χ3n) is 3.14. The first kappa shape index (κ1) is 15.9. The van der Waals surface area contributed by atoms with Crippen LogP contribution in [0.2, 0.25) is 0 Å². The van der Waals surface area contributed by atoms with Gasteiger partial charge in [0.05, 0.1) is 13.2 Å². The van der Waals surface area contributed by atoms with Gasteiger partial charge in [0.2, 0.25) is 0 Å². The van der Waals surface area contributed by atoms with Crippen molar-refractivity contribution in [1.82, 2.24) is 5.32 Å². The van der Waals surface area contributed by atoms with E-state index in [-0.39, 0.29) is 5.82 Å². The van der Waals surface area contributed by atoms with Crippen molar-refractivity contribution in [2.75, 3.05) is 13.7 Å². The van der Waals surface area contributed by atoms with Crippen LogP contribution in [0.25, 0.3) is 0 Å². The largest absolute Gasteiger partial charge is 0.497 e. The van der Waals surface area contributed by atoms with Gasteiger partial charge in [0.25, 0.3) is 0 Å². The molecule has 0 aliphatic carbocycles. The molecular weight excluding hydrogens is 337 g/mol. The van der Waals surface area contributed by atoms with E-state index >= 15 is 0 Å². The fraction of sp³-hybridized carbons (Fsp3) is 0.250. The van der Waals surface area contributed by atoms with Crippen LogP contribution in [0.3, 0.4) is 0 Å². The Morgan fingerprint density at radius 1 is 1.29 bits per heavy atom. The van der Waals surface area contributed by atoms with E-state index in [9.17, 15) is 9.50 Å². The second-order valence-corrected chi connectivity index (χ2v) is 5.51. The average Bonchev–Trinajstić information content (AvgIpc) is 2.50. The molecule has 0 fully saturated rings. The number of ether oxygens (including phenoxy) is 1. The van der Waals surface area contributed by atoms with Crippen LogP contribution in [0.1, 0.15) is 17.2 Å². The maximum Gasteiger partial charge on any atom is 0.123 e. The van der Waals surface area contributed by atoms with Crippen LogP contribution in [0.5, 0.6) is 5.75 Å². The maximum absolute atomic E-state index is 13.2. The van der Waals surface area contributed by atoms with Gasteiger partial charge in [-0.15, -0.1) is 0 Å². The lowest BCUT2D eigenvalue weighted by molar-refractivity contribution is 0.174. The topological polar surface area (TPSA) is 41.5 Å². The molecule has 0 spiro atoms. The lowest BCUT2D eigenvalue weighted by Crippen LogP contribution is -2.21. The molecule has 0 saturated carbocycles. The van der Waals surface area contributed by atoms with Crippen LogP contribution >= 0.6 is 15.9 Å². The normalized spacial score (nSPS) is 12.2. The van der Waals surface area contributed by atoms with Crippen LogP contribution in [0.4, 0.5) is 4.39 Å². The first-order chi connectivity index (χ1) is 10.1. The van der Waals surface area contributed by atoms with Crippen LogP contribution in [-0.4, -0.2) is 18.8 Å². The third-order valence-corrected chi connectivity index (χ3v) is 3.91. The molecule has 5 heteroatoms. The predicted molar refractivity (Wildman–Crippen MR) is 83.8 cm³/mol. The molecule has 0 heterocycles. The van der Waals surface area contributed by atoms with Crippen LogP contribution < -0.4 is 10.1 Å². The number of rotatable bonds is 6. The highest BCUT2D eigenvalue weighted by molar-refractivity contribution is 9.10. The number of halogens is 2. The lowest BCUT2D eigenvalue weighted by Gasteiger charge is -2.14. The molecule has 2 aromatic carbocycles. The molecule has 0 amide bonds. The molecule has 0 aromatic heterocycles. The predicted octanol–water partition coefficient (Wildman–Crippen LogP) is 3.42. The fourth-order valence-corrected chi connectivity index (χ4v) is 2.38. The lowest BCUT2D eigenvalue weighted by atomic mass is 10.1. The molecule has 1 atom stereocenters. The second-order valence-electron chi connectivity index (χ2n) is 4.66. The minimum absolute atomic E-state index is 0.275. The average molecular weight is 354 g/mol. The van der Waals surface area contributed by atoms with E-state index in [1.165, 1.54) is 12.1 Å². The molecule has 112 valence electrons. The highest BCUT2D eigenvalue weighted by Gasteiger charge is 2.09. The molecule has 2 N–H and O–H groups in total. The van der Waals surface area contributed by atoms with Gasteiger partial charge in [-0.1, -0.05) is 28.1 Å². The number of methoxy groups -OCH3 is 1. The van der Waals surface area contributed by atoms with E-state index < -0.39 is 6.10 Å². The SMILES string of the molecule is COc1cccc(C(O)CNCc2cc(F)ccc2Br)c1. The van der Waals surface area contributed by atoms with Gasteiger partial charge >= 0.3 is 0 Å². The zero-order valence-electron chi connectivity index (χ0n) is 11.6. The molecule has 2 rings (SSSR count). The van der Waals surface area contributed by atoms with E-state index in [0.717, 1.165) is 15.6 Å². The maximum atomic E-state index is 13.2. The number of aliphatic hydroxyl groups is 1. The van der Waals surface area contributed by atoms with Gasteiger partial charge in [-0.25, -0.2) is 4.39 Å². The van der Waals surface area contributed by atoms with E-state index in [4.69, 9.17) is 4.74 Å². The smallest absolute Gasteiger partial charge is 0.123 e. The molecule has 0 radical (unpaired) electrons. The van der Waals surface area contributed by atoms with Gasteiger partial charge in [-0.05, 0) is 41.5 Å². The Morgan fingerprint density at radius 2 is 2.10 bits per heavy atom. The van der Waals surface area contributed by atoms with Crippen molar-refractivity contribution in [2.45, 2.75) is 12.6 Å². The first-order valence-electron chi connectivity index (χ1n) is 6.57. The Balaban J connectivity index is 1.91. The van der Waals surface area contributed by atoms with Crippen LogP contribution in [-0.2, 0) is 6.54 Å². The van der Waals surface area contributed by atoms with E-state index in [1.807, 2.05) is 18.2 Å². The summed E-state index contributed by atoms with van der Waals surface area (Å²) in [5.41, 5.74) is 1.59. The summed E-state index contributed by atoms with van der Waals surface area (Å²) in [6, 6.07) is 11.8. The van der Waals surface area contributed by atoms with Crippen molar-refractivity contribution in [3.8, 4) is 5.75 Å². The van der Waals surface area contributed by atoms with Gasteiger partial charge in [0.1, 0.15) is 11.6 Å². The number of benzene rings is 2. The quantitative estimate of drug-likeness (QED) is 0.835. The summed E-state index contributed by atoms with van der Waals surface area (Å²) in [5.74, 6) is 0.433. The molecular formula is C16H17BrFNO2. The molecule has 0 aliphatic rings. The van der Waals surface area contributed by atoms with Crippen molar-refractivity contribution < 1.29 is 14.2 Å². The van der Waals surface area contributed by atoms with Crippen molar-refractivity contribution in [3.63, 3.8) is 0 Å². The minimum Gasteiger partial charge on any atom is -0.497 e. The highest BCUT2D eigenvalue weighted by Crippen LogP contribution is 2.20. The van der Waals surface area contributed by atoms with Crippen molar-refractivity contribution in [2.24, 2.45) is 0 Å². The van der Waals surface area contributed by atoms with Crippen molar-refractivity contribution in [1.29, 1.82) is 0 Å². The molecule has 3 nitrogen and oxygen atoms in total. The van der Waals surface area contributed by atoms with Crippen LogP contribution in [0, 0.1) is 5.82 Å². The van der Waals surface area contributed by atoms with Crippen molar-refractivity contribution in [3.05, 3.63) is 63.9 Å². The zero-order chi connectivity index (χ0) is 15.2. The fourth-order valence-electron chi connectivity index (χ4n) is 1.99. The zero-order valence-corrected chi connectivity index (χ0v) is 13.2. The number of aliphatic hydroxyl groups excluding tert-OH is 1. The number of hydrogen-bond donors (Lipinski definition) is 2. The molecule has 21 heavy (non-hydrogen) atoms. The second kappa shape index (κ2) is 7.54. The third kappa shape index (κ3) is 4.52. The van der Waals surface area contributed by atoms with Gasteiger partial charge in [-0.3, -0.25) is 0 Å². The molecule has 0 bridgehead atoms. The number of hydrogen-bond acceptors (Lipinski definition) is 3. The summed E-state index contributed by atoms with van der Waals surface area (Å²) >= 11 is 3.38. The summed E-state index contributed by atoms with van der Waals surface area (Å²) in [5, 5.41) is 13.3. The Hall–Kier alpha value is -1.43. The summed E-state index contributed by atoms with van der Waals surface area (Å²) in [6.45, 7) is 0.843. The van der Waals surface area contributed by atoms with Gasteiger partial charge in [-0.2, -0.15) is 0 Å². The Morgan fingerprint density at radius 3 is 2.86 bits per heavy atom. The molecule has 2 aromatic rings. The summed E-state index contributed by atoms with van der Waals surface area (Å²) in [6.07, 6.45) is -0.646. The Bertz CT molecular complexity index is 607. The highest BCUT2D eigenvalue weighted by atomic mass is 79.9. The van der Waals surface area contributed by atoms with E-state index in [1.54, 1.807) is 19.2 Å². The van der Waals surface area contributed by atoms with Gasteiger partial charge in [0.15, 0.2) is 0 Å². The molecule has 1 unspecified atom stereocenters. The summed E-state index contributed by atoms with van der Waals surface area (Å²) < 4.78 is 19.1. The Kier molecular flexibility index (Phi) is 5.73. The standard InChI is InChI=1S/C16H17BrFNO2/c1-21-14-4-2-3-11(8-14)16(20)10-19-9-12-7-13(18)5-6-15(12)17/h2-8,16,19-20H,9-10H2,1H3. The monoisotopic (exact) mass is 353 g/mol. The molecule has 0 saturated heterocycles. The van der Waals surface area contributed by atoms with E-state index in [0.29, 0.717) is 18.8 Å². The van der Waals surface area contributed by atoms with Crippen LogP contribution in [0.15, 0.2) is 46.9 Å². The summed E-state index contributed by atoms with van der Waals surface area (Å²) in [7, 11) is 1.59. The molecule has 0 aliphatic heterocycles. The summed E-state index contributed by atoms with van der Waals surface area (Å²) in [4.78, 5) is 0.